The molecule has 35 heavy (non-hydrogen) atoms. The number of nitrogen functional groups attached to an aromatic ring is 1. The highest BCUT2D eigenvalue weighted by atomic mass is 16.3. The zero-order chi connectivity index (χ0) is 24.4. The first-order chi connectivity index (χ1) is 17.0. The van der Waals surface area contributed by atoms with E-state index in [4.69, 9.17) is 10.2 Å². The van der Waals surface area contributed by atoms with Gasteiger partial charge < -0.3 is 20.8 Å². The zero-order valence-electron chi connectivity index (χ0n) is 18.9. The number of anilines is 2. The summed E-state index contributed by atoms with van der Waals surface area (Å²) in [5, 5.41) is 5.46. The number of benzene rings is 3. The summed E-state index contributed by atoms with van der Waals surface area (Å²) in [6.45, 7) is 0. The van der Waals surface area contributed by atoms with Crippen molar-refractivity contribution < 1.29 is 14.0 Å². The molecular weight excluding hydrogens is 440 g/mol. The molecule has 3 aromatic carbocycles. The SMILES string of the molecule is CNC(=O)c1oc2cc(-c3ccc(C(=O)Nc4cccc(-c5ccccc5)c4)cc3)cnc2c1N. The lowest BCUT2D eigenvalue weighted by atomic mass is 10.0. The van der Waals surface area contributed by atoms with Gasteiger partial charge in [-0.2, -0.15) is 0 Å². The second-order valence-corrected chi connectivity index (χ2v) is 7.97. The maximum absolute atomic E-state index is 12.8. The molecule has 4 N–H and O–H groups in total. The predicted molar refractivity (Wildman–Crippen MR) is 137 cm³/mol. The molecule has 0 atom stereocenters. The van der Waals surface area contributed by atoms with E-state index in [0.29, 0.717) is 16.7 Å². The van der Waals surface area contributed by atoms with Crippen molar-refractivity contribution >= 4 is 34.3 Å². The second-order valence-electron chi connectivity index (χ2n) is 7.97. The molecule has 172 valence electrons. The van der Waals surface area contributed by atoms with E-state index in [0.717, 1.165) is 27.9 Å². The topological polar surface area (TPSA) is 110 Å². The Balaban J connectivity index is 1.35. The van der Waals surface area contributed by atoms with Crippen molar-refractivity contribution in [2.75, 3.05) is 18.1 Å². The van der Waals surface area contributed by atoms with Crippen LogP contribution in [0.1, 0.15) is 20.9 Å². The zero-order valence-corrected chi connectivity index (χ0v) is 18.9. The van der Waals surface area contributed by atoms with E-state index in [1.54, 1.807) is 24.4 Å². The van der Waals surface area contributed by atoms with Gasteiger partial charge in [-0.25, -0.2) is 4.98 Å². The quantitative estimate of drug-likeness (QED) is 0.326. The summed E-state index contributed by atoms with van der Waals surface area (Å²) in [4.78, 5) is 29.1. The Labute approximate surface area is 201 Å². The van der Waals surface area contributed by atoms with Crippen molar-refractivity contribution in [2.45, 2.75) is 0 Å². The van der Waals surface area contributed by atoms with Gasteiger partial charge >= 0.3 is 0 Å². The molecule has 2 aromatic heterocycles. The first-order valence-corrected chi connectivity index (χ1v) is 11.0. The van der Waals surface area contributed by atoms with E-state index in [2.05, 4.69) is 15.6 Å². The number of carbonyl (C=O) groups excluding carboxylic acids is 2. The van der Waals surface area contributed by atoms with E-state index in [1.807, 2.05) is 66.7 Å². The highest BCUT2D eigenvalue weighted by molar-refractivity contribution is 6.05. The third kappa shape index (κ3) is 4.35. The third-order valence-corrected chi connectivity index (χ3v) is 5.71. The molecule has 0 unspecified atom stereocenters. The van der Waals surface area contributed by atoms with Gasteiger partial charge in [0.05, 0.1) is 0 Å². The molecule has 0 aliphatic rings. The minimum atomic E-state index is -0.410. The molecule has 0 saturated heterocycles. The van der Waals surface area contributed by atoms with Crippen molar-refractivity contribution in [1.29, 1.82) is 0 Å². The van der Waals surface area contributed by atoms with Crippen LogP contribution in [0.4, 0.5) is 11.4 Å². The molecule has 5 aromatic rings. The normalized spacial score (nSPS) is 10.8. The number of nitrogens with two attached hydrogens (primary N) is 1. The number of pyridine rings is 1. The standard InChI is InChI=1S/C28H22N4O3/c1-30-28(34)26-24(29)25-23(35-26)15-21(16-31-25)18-10-12-19(13-11-18)27(33)32-22-9-5-8-20(14-22)17-6-3-2-4-7-17/h2-16H,29H2,1H3,(H,30,34)(H,32,33). The Bertz CT molecular complexity index is 1540. The third-order valence-electron chi connectivity index (χ3n) is 5.71. The van der Waals surface area contributed by atoms with Gasteiger partial charge in [0, 0.05) is 30.1 Å². The van der Waals surface area contributed by atoms with Gasteiger partial charge in [-0.15, -0.1) is 0 Å². The van der Waals surface area contributed by atoms with Crippen LogP contribution in [-0.4, -0.2) is 23.8 Å². The summed E-state index contributed by atoms with van der Waals surface area (Å²) in [6.07, 6.45) is 1.66. The lowest BCUT2D eigenvalue weighted by Crippen LogP contribution is -2.18. The Morgan fingerprint density at radius 3 is 2.26 bits per heavy atom. The van der Waals surface area contributed by atoms with E-state index < -0.39 is 5.91 Å². The largest absolute Gasteiger partial charge is 0.447 e. The van der Waals surface area contributed by atoms with Crippen LogP contribution in [-0.2, 0) is 0 Å². The van der Waals surface area contributed by atoms with E-state index in [1.165, 1.54) is 7.05 Å². The van der Waals surface area contributed by atoms with Crippen LogP contribution in [0, 0.1) is 0 Å². The molecule has 0 aliphatic heterocycles. The summed E-state index contributed by atoms with van der Waals surface area (Å²) in [5.74, 6) is -0.577. The molecule has 2 heterocycles. The molecule has 0 spiro atoms. The number of amides is 2. The Morgan fingerprint density at radius 1 is 0.800 bits per heavy atom. The molecule has 7 heteroatoms. The molecule has 0 saturated carbocycles. The molecule has 5 rings (SSSR count). The van der Waals surface area contributed by atoms with Crippen molar-refractivity contribution in [2.24, 2.45) is 0 Å². The van der Waals surface area contributed by atoms with Gasteiger partial charge in [0.2, 0.25) is 5.76 Å². The van der Waals surface area contributed by atoms with Crippen LogP contribution in [0.3, 0.4) is 0 Å². The molecular formula is C28H22N4O3. The average Bonchev–Trinajstić information content (AvgIpc) is 3.24. The number of hydrogen-bond donors (Lipinski definition) is 3. The van der Waals surface area contributed by atoms with Crippen molar-refractivity contribution in [3.63, 3.8) is 0 Å². The lowest BCUT2D eigenvalue weighted by molar-refractivity contribution is 0.0938. The summed E-state index contributed by atoms with van der Waals surface area (Å²) in [6, 6.07) is 26.7. The number of fused-ring (bicyclic) bond motifs is 1. The Kier molecular flexibility index (Phi) is 5.73. The summed E-state index contributed by atoms with van der Waals surface area (Å²) in [5.41, 5.74) is 12.0. The van der Waals surface area contributed by atoms with E-state index in [9.17, 15) is 9.59 Å². The van der Waals surface area contributed by atoms with Gasteiger partial charge in [0.25, 0.3) is 11.8 Å². The van der Waals surface area contributed by atoms with Gasteiger partial charge in [-0.1, -0.05) is 54.6 Å². The number of rotatable bonds is 5. The van der Waals surface area contributed by atoms with Gasteiger partial charge in [-0.05, 0) is 47.0 Å². The summed E-state index contributed by atoms with van der Waals surface area (Å²) < 4.78 is 5.62. The minimum absolute atomic E-state index is 0.0375. The van der Waals surface area contributed by atoms with Crippen LogP contribution < -0.4 is 16.4 Å². The average molecular weight is 463 g/mol. The van der Waals surface area contributed by atoms with E-state index >= 15 is 0 Å². The van der Waals surface area contributed by atoms with Crippen molar-refractivity contribution in [3.05, 3.63) is 102 Å². The van der Waals surface area contributed by atoms with Gasteiger partial charge in [-0.3, -0.25) is 9.59 Å². The monoisotopic (exact) mass is 462 g/mol. The number of nitrogens with zero attached hydrogens (tertiary/aromatic N) is 1. The fraction of sp³-hybridized carbons (Fsp3) is 0.0357. The maximum Gasteiger partial charge on any atom is 0.289 e. The van der Waals surface area contributed by atoms with Gasteiger partial charge in [0.1, 0.15) is 11.2 Å². The molecule has 0 aliphatic carbocycles. The number of aromatic nitrogens is 1. The first-order valence-electron chi connectivity index (χ1n) is 11.0. The van der Waals surface area contributed by atoms with Crippen LogP contribution in [0.2, 0.25) is 0 Å². The number of furan rings is 1. The van der Waals surface area contributed by atoms with Crippen LogP contribution in [0.15, 0.2) is 95.5 Å². The first kappa shape index (κ1) is 21.9. The number of hydrogen-bond acceptors (Lipinski definition) is 5. The van der Waals surface area contributed by atoms with Crippen molar-refractivity contribution in [1.82, 2.24) is 10.3 Å². The van der Waals surface area contributed by atoms with Crippen LogP contribution in [0.25, 0.3) is 33.4 Å². The molecule has 0 bridgehead atoms. The fourth-order valence-corrected chi connectivity index (χ4v) is 3.86. The molecule has 0 fully saturated rings. The fourth-order valence-electron chi connectivity index (χ4n) is 3.86. The minimum Gasteiger partial charge on any atom is -0.447 e. The highest BCUT2D eigenvalue weighted by Gasteiger charge is 2.19. The smallest absolute Gasteiger partial charge is 0.289 e. The predicted octanol–water partition coefficient (Wildman–Crippen LogP) is 5.36. The lowest BCUT2D eigenvalue weighted by Gasteiger charge is -2.09. The maximum atomic E-state index is 12.8. The molecule has 7 nitrogen and oxygen atoms in total. The molecule has 2 amide bonds. The van der Waals surface area contributed by atoms with Crippen molar-refractivity contribution in [3.8, 4) is 22.3 Å². The number of carbonyl (C=O) groups is 2. The second kappa shape index (κ2) is 9.15. The van der Waals surface area contributed by atoms with Crippen LogP contribution >= 0.6 is 0 Å². The Morgan fingerprint density at radius 2 is 1.51 bits per heavy atom. The van der Waals surface area contributed by atoms with Crippen LogP contribution in [0.5, 0.6) is 0 Å². The highest BCUT2D eigenvalue weighted by Crippen LogP contribution is 2.30. The summed E-state index contributed by atoms with van der Waals surface area (Å²) in [7, 11) is 1.51. The molecule has 0 radical (unpaired) electrons. The van der Waals surface area contributed by atoms with Gasteiger partial charge in [0.15, 0.2) is 5.58 Å². The number of nitrogens with one attached hydrogen (secondary N) is 2. The summed E-state index contributed by atoms with van der Waals surface area (Å²) >= 11 is 0. The van der Waals surface area contributed by atoms with E-state index in [-0.39, 0.29) is 17.4 Å². The Hall–Kier alpha value is -4.91.